The molecule has 1 aromatic heterocycles. The monoisotopic (exact) mass is 307 g/mol. The maximum Gasteiger partial charge on any atom is 0.240 e. The molecular weight excluding hydrogens is 290 g/mol. The Morgan fingerprint density at radius 3 is 2.67 bits per heavy atom. The van der Waals surface area contributed by atoms with Crippen LogP contribution in [-0.4, -0.2) is 33.6 Å². The SMILES string of the molecule is CNc1cc(S(=O)(=O)NCCOc2ccccc2)ccn1. The van der Waals surface area contributed by atoms with E-state index in [-0.39, 0.29) is 18.0 Å². The molecule has 1 heterocycles. The summed E-state index contributed by atoms with van der Waals surface area (Å²) in [5.74, 6) is 1.21. The molecule has 1 aromatic carbocycles. The molecule has 0 spiro atoms. The number of hydrogen-bond donors (Lipinski definition) is 2. The second-order valence-corrected chi connectivity index (χ2v) is 5.95. The fourth-order valence-corrected chi connectivity index (χ4v) is 2.69. The summed E-state index contributed by atoms with van der Waals surface area (Å²) in [5, 5.41) is 2.80. The molecule has 0 aliphatic carbocycles. The zero-order valence-corrected chi connectivity index (χ0v) is 12.4. The van der Waals surface area contributed by atoms with E-state index in [9.17, 15) is 8.42 Å². The van der Waals surface area contributed by atoms with E-state index in [0.29, 0.717) is 11.6 Å². The van der Waals surface area contributed by atoms with Crippen LogP contribution in [0.25, 0.3) is 0 Å². The zero-order valence-electron chi connectivity index (χ0n) is 11.6. The molecule has 0 unspecified atom stereocenters. The van der Waals surface area contributed by atoms with Gasteiger partial charge < -0.3 is 10.1 Å². The second kappa shape index (κ2) is 7.05. The van der Waals surface area contributed by atoms with Crippen molar-refractivity contribution in [3.63, 3.8) is 0 Å². The van der Waals surface area contributed by atoms with Crippen LogP contribution in [0.15, 0.2) is 53.6 Å². The van der Waals surface area contributed by atoms with Crippen LogP contribution in [0.3, 0.4) is 0 Å². The molecule has 2 N–H and O–H groups in total. The fraction of sp³-hybridized carbons (Fsp3) is 0.214. The van der Waals surface area contributed by atoms with Crippen molar-refractivity contribution in [1.82, 2.24) is 9.71 Å². The predicted molar refractivity (Wildman–Crippen MR) is 80.9 cm³/mol. The van der Waals surface area contributed by atoms with Crippen molar-refractivity contribution < 1.29 is 13.2 Å². The zero-order chi connectivity index (χ0) is 15.1. The van der Waals surface area contributed by atoms with Crippen LogP contribution in [-0.2, 0) is 10.0 Å². The third-order valence-electron chi connectivity index (χ3n) is 2.70. The van der Waals surface area contributed by atoms with Crippen LogP contribution in [0, 0.1) is 0 Å². The number of anilines is 1. The van der Waals surface area contributed by atoms with Gasteiger partial charge in [0.15, 0.2) is 0 Å². The summed E-state index contributed by atoms with van der Waals surface area (Å²) in [7, 11) is -1.88. The number of pyridine rings is 1. The Morgan fingerprint density at radius 2 is 1.95 bits per heavy atom. The van der Waals surface area contributed by atoms with E-state index in [2.05, 4.69) is 15.0 Å². The van der Waals surface area contributed by atoms with Crippen molar-refractivity contribution in [2.75, 3.05) is 25.5 Å². The minimum atomic E-state index is -3.56. The van der Waals surface area contributed by atoms with E-state index in [1.807, 2.05) is 30.3 Å². The van der Waals surface area contributed by atoms with E-state index in [4.69, 9.17) is 4.74 Å². The second-order valence-electron chi connectivity index (χ2n) is 4.19. The Labute approximate surface area is 124 Å². The first-order chi connectivity index (χ1) is 10.1. The minimum Gasteiger partial charge on any atom is -0.492 e. The van der Waals surface area contributed by atoms with E-state index in [1.54, 1.807) is 7.05 Å². The van der Waals surface area contributed by atoms with Crippen LogP contribution in [0.1, 0.15) is 0 Å². The van der Waals surface area contributed by atoms with Crippen LogP contribution in [0.5, 0.6) is 5.75 Å². The van der Waals surface area contributed by atoms with Gasteiger partial charge in [0.25, 0.3) is 0 Å². The first-order valence-electron chi connectivity index (χ1n) is 6.43. The average molecular weight is 307 g/mol. The maximum absolute atomic E-state index is 12.1. The number of sulfonamides is 1. The highest BCUT2D eigenvalue weighted by molar-refractivity contribution is 7.89. The van der Waals surface area contributed by atoms with Gasteiger partial charge in [0.2, 0.25) is 10.0 Å². The predicted octanol–water partition coefficient (Wildman–Crippen LogP) is 1.48. The van der Waals surface area contributed by atoms with Crippen LogP contribution in [0.2, 0.25) is 0 Å². The van der Waals surface area contributed by atoms with Gasteiger partial charge >= 0.3 is 0 Å². The Kier molecular flexibility index (Phi) is 5.13. The Morgan fingerprint density at radius 1 is 1.19 bits per heavy atom. The highest BCUT2D eigenvalue weighted by atomic mass is 32.2. The first kappa shape index (κ1) is 15.3. The number of nitrogens with one attached hydrogen (secondary N) is 2. The van der Waals surface area contributed by atoms with Gasteiger partial charge in [0, 0.05) is 25.9 Å². The first-order valence-corrected chi connectivity index (χ1v) is 7.91. The third kappa shape index (κ3) is 4.44. The molecular formula is C14H17N3O3S. The standard InChI is InChI=1S/C14H17N3O3S/c1-15-14-11-13(7-8-16-14)21(18,19)17-9-10-20-12-5-3-2-4-6-12/h2-8,11,17H,9-10H2,1H3,(H,15,16). The van der Waals surface area contributed by atoms with Crippen molar-refractivity contribution in [3.05, 3.63) is 48.7 Å². The molecule has 2 aromatic rings. The number of ether oxygens (including phenoxy) is 1. The highest BCUT2D eigenvalue weighted by Crippen LogP contribution is 2.12. The molecule has 0 radical (unpaired) electrons. The largest absolute Gasteiger partial charge is 0.492 e. The molecule has 21 heavy (non-hydrogen) atoms. The molecule has 0 atom stereocenters. The summed E-state index contributed by atoms with van der Waals surface area (Å²) in [6, 6.07) is 12.2. The van der Waals surface area contributed by atoms with E-state index < -0.39 is 10.0 Å². The average Bonchev–Trinajstić information content (AvgIpc) is 2.53. The molecule has 0 aliphatic heterocycles. The highest BCUT2D eigenvalue weighted by Gasteiger charge is 2.14. The van der Waals surface area contributed by atoms with Crippen molar-refractivity contribution in [2.24, 2.45) is 0 Å². The fourth-order valence-electron chi connectivity index (χ4n) is 1.66. The van der Waals surface area contributed by atoms with Crippen molar-refractivity contribution in [1.29, 1.82) is 0 Å². The normalized spacial score (nSPS) is 11.1. The van der Waals surface area contributed by atoms with Crippen LogP contribution < -0.4 is 14.8 Å². The summed E-state index contributed by atoms with van der Waals surface area (Å²) in [4.78, 5) is 4.15. The smallest absolute Gasteiger partial charge is 0.240 e. The molecule has 0 saturated heterocycles. The van der Waals surface area contributed by atoms with Crippen LogP contribution >= 0.6 is 0 Å². The molecule has 6 nitrogen and oxygen atoms in total. The molecule has 0 fully saturated rings. The van der Waals surface area contributed by atoms with Gasteiger partial charge in [-0.1, -0.05) is 18.2 Å². The summed E-state index contributed by atoms with van der Waals surface area (Å²) < 4.78 is 32.1. The Balaban J connectivity index is 1.89. The van der Waals surface area contributed by atoms with E-state index in [1.165, 1.54) is 18.3 Å². The number of nitrogens with zero attached hydrogens (tertiary/aromatic N) is 1. The number of benzene rings is 1. The van der Waals surface area contributed by atoms with Gasteiger partial charge in [-0.3, -0.25) is 0 Å². The Bertz CT molecular complexity index is 675. The maximum atomic E-state index is 12.1. The third-order valence-corrected chi connectivity index (χ3v) is 4.16. The molecule has 7 heteroatoms. The number of aromatic nitrogens is 1. The topological polar surface area (TPSA) is 80.3 Å². The van der Waals surface area contributed by atoms with E-state index in [0.717, 1.165) is 0 Å². The van der Waals surface area contributed by atoms with Gasteiger partial charge in [-0.2, -0.15) is 0 Å². The lowest BCUT2D eigenvalue weighted by Gasteiger charge is -2.09. The summed E-state index contributed by atoms with van der Waals surface area (Å²) in [5.41, 5.74) is 0. The Hall–Kier alpha value is -2.12. The minimum absolute atomic E-state index is 0.168. The van der Waals surface area contributed by atoms with Gasteiger partial charge in [0.1, 0.15) is 18.2 Å². The van der Waals surface area contributed by atoms with Crippen molar-refractivity contribution in [3.8, 4) is 5.75 Å². The molecule has 0 saturated carbocycles. The van der Waals surface area contributed by atoms with Gasteiger partial charge in [-0.25, -0.2) is 18.1 Å². The lowest BCUT2D eigenvalue weighted by atomic mass is 10.3. The van der Waals surface area contributed by atoms with Gasteiger partial charge in [-0.15, -0.1) is 0 Å². The van der Waals surface area contributed by atoms with Gasteiger partial charge in [-0.05, 0) is 18.2 Å². The molecule has 0 amide bonds. The molecule has 112 valence electrons. The molecule has 2 rings (SSSR count). The number of para-hydroxylation sites is 1. The lowest BCUT2D eigenvalue weighted by Crippen LogP contribution is -2.28. The lowest BCUT2D eigenvalue weighted by molar-refractivity contribution is 0.323. The van der Waals surface area contributed by atoms with Crippen LogP contribution in [0.4, 0.5) is 5.82 Å². The summed E-state index contributed by atoms with van der Waals surface area (Å²) in [6.07, 6.45) is 1.45. The summed E-state index contributed by atoms with van der Waals surface area (Å²) in [6.45, 7) is 0.446. The van der Waals surface area contributed by atoms with Crippen molar-refractivity contribution in [2.45, 2.75) is 4.90 Å². The van der Waals surface area contributed by atoms with E-state index >= 15 is 0 Å². The van der Waals surface area contributed by atoms with Gasteiger partial charge in [0.05, 0.1) is 4.90 Å². The summed E-state index contributed by atoms with van der Waals surface area (Å²) >= 11 is 0. The van der Waals surface area contributed by atoms with Crippen molar-refractivity contribution >= 4 is 15.8 Å². The molecule has 0 bridgehead atoms. The number of hydrogen-bond acceptors (Lipinski definition) is 5. The number of rotatable bonds is 7. The molecule has 0 aliphatic rings. The quantitative estimate of drug-likeness (QED) is 0.757.